The minimum atomic E-state index is -1.16. The van der Waals surface area contributed by atoms with Gasteiger partial charge in [0.2, 0.25) is 11.8 Å². The summed E-state index contributed by atoms with van der Waals surface area (Å²) in [6.45, 7) is 1.09. The van der Waals surface area contributed by atoms with Crippen molar-refractivity contribution in [2.75, 3.05) is 13.1 Å². The van der Waals surface area contributed by atoms with E-state index in [-0.39, 0.29) is 19.5 Å². The molecule has 0 unspecified atom stereocenters. The third kappa shape index (κ3) is 3.44. The fourth-order valence-electron chi connectivity index (χ4n) is 1.36. The summed E-state index contributed by atoms with van der Waals surface area (Å²) in [5.41, 5.74) is 0. The normalized spacial score (nSPS) is 17.4. The highest BCUT2D eigenvalue weighted by molar-refractivity contribution is 6.02. The zero-order chi connectivity index (χ0) is 13.0. The van der Waals surface area contributed by atoms with Gasteiger partial charge in [-0.1, -0.05) is 6.92 Å². The molecule has 0 aromatic carbocycles. The van der Waals surface area contributed by atoms with E-state index in [1.54, 1.807) is 6.92 Å². The first-order chi connectivity index (χ1) is 7.93. The molecule has 0 saturated carbocycles. The van der Waals surface area contributed by atoms with Crippen molar-refractivity contribution in [3.63, 3.8) is 0 Å². The van der Waals surface area contributed by atoms with Crippen LogP contribution in [0.15, 0.2) is 0 Å². The molecule has 17 heavy (non-hydrogen) atoms. The number of carbonyl (C=O) groups excluding carboxylic acids is 3. The smallest absolute Gasteiger partial charge is 0.326 e. The van der Waals surface area contributed by atoms with E-state index in [1.165, 1.54) is 0 Å². The van der Waals surface area contributed by atoms with Crippen LogP contribution in [0.2, 0.25) is 0 Å². The van der Waals surface area contributed by atoms with E-state index in [9.17, 15) is 19.2 Å². The lowest BCUT2D eigenvalue weighted by Gasteiger charge is -2.26. The van der Waals surface area contributed by atoms with E-state index >= 15 is 0 Å². The maximum Gasteiger partial charge on any atom is 0.326 e. The highest BCUT2D eigenvalue weighted by Crippen LogP contribution is 1.98. The van der Waals surface area contributed by atoms with E-state index in [2.05, 4.69) is 5.32 Å². The third-order valence-electron chi connectivity index (χ3n) is 2.24. The Morgan fingerprint density at radius 1 is 1.41 bits per heavy atom. The van der Waals surface area contributed by atoms with Crippen LogP contribution >= 0.6 is 0 Å². The van der Waals surface area contributed by atoms with Crippen LogP contribution in [0.1, 0.15) is 13.3 Å². The molecule has 1 atom stereocenters. The van der Waals surface area contributed by atoms with Gasteiger partial charge in [-0.15, -0.1) is 0 Å². The Bertz CT molecular complexity index is 352. The first-order valence-corrected chi connectivity index (χ1v) is 5.05. The molecule has 0 aliphatic carbocycles. The van der Waals surface area contributed by atoms with Crippen molar-refractivity contribution in [1.29, 1.82) is 0 Å². The summed E-state index contributed by atoms with van der Waals surface area (Å²) >= 11 is 0. The van der Waals surface area contributed by atoms with Gasteiger partial charge < -0.3 is 15.3 Å². The molecular formula is C9H13N3O5. The minimum Gasteiger partial charge on any atom is -0.480 e. The van der Waals surface area contributed by atoms with Gasteiger partial charge in [-0.05, 0) is 6.42 Å². The Hall–Kier alpha value is -2.12. The molecule has 1 heterocycles. The number of nitrogens with one attached hydrogen (secondary N) is 2. The maximum atomic E-state index is 11.6. The summed E-state index contributed by atoms with van der Waals surface area (Å²) < 4.78 is 0. The molecule has 1 rings (SSSR count). The van der Waals surface area contributed by atoms with Gasteiger partial charge in [-0.2, -0.15) is 0 Å². The van der Waals surface area contributed by atoms with Crippen LogP contribution in [0.4, 0.5) is 4.79 Å². The van der Waals surface area contributed by atoms with Crippen LogP contribution < -0.4 is 10.6 Å². The second-order valence-electron chi connectivity index (χ2n) is 3.58. The maximum absolute atomic E-state index is 11.6. The van der Waals surface area contributed by atoms with Crippen LogP contribution in [0.3, 0.4) is 0 Å². The zero-order valence-corrected chi connectivity index (χ0v) is 9.23. The first-order valence-electron chi connectivity index (χ1n) is 5.05. The Labute approximate surface area is 97.0 Å². The molecule has 1 aliphatic rings. The molecule has 0 aromatic rings. The second-order valence-corrected chi connectivity index (χ2v) is 3.58. The van der Waals surface area contributed by atoms with E-state index in [0.717, 1.165) is 4.90 Å². The number of hydrogen-bond acceptors (Lipinski definition) is 4. The molecule has 8 heteroatoms. The third-order valence-corrected chi connectivity index (χ3v) is 2.24. The molecular weight excluding hydrogens is 230 g/mol. The molecule has 0 aromatic heterocycles. The molecule has 3 N–H and O–H groups in total. The standard InChI is InChI=1S/C9H13N3O5/c1-2-5(8(15)16)10-9(17)12-3-6(13)11-7(14)4-12/h5H,2-4H2,1H3,(H,10,17)(H,15,16)(H,11,13,14)/t5-/m1/s1. The van der Waals surface area contributed by atoms with Gasteiger partial charge in [0.25, 0.3) is 0 Å². The molecule has 0 spiro atoms. The summed E-state index contributed by atoms with van der Waals surface area (Å²) in [5.74, 6) is -2.33. The van der Waals surface area contributed by atoms with Gasteiger partial charge in [0, 0.05) is 0 Å². The van der Waals surface area contributed by atoms with Crippen molar-refractivity contribution in [3.05, 3.63) is 0 Å². The summed E-state index contributed by atoms with van der Waals surface area (Å²) in [4.78, 5) is 45.3. The fourth-order valence-corrected chi connectivity index (χ4v) is 1.36. The molecule has 0 bridgehead atoms. The molecule has 94 valence electrons. The van der Waals surface area contributed by atoms with Crippen LogP contribution in [0, 0.1) is 0 Å². The van der Waals surface area contributed by atoms with Crippen molar-refractivity contribution in [1.82, 2.24) is 15.5 Å². The van der Waals surface area contributed by atoms with Crippen LogP contribution in [-0.4, -0.2) is 53.0 Å². The predicted octanol–water partition coefficient (Wildman–Crippen LogP) is -1.48. The molecule has 1 saturated heterocycles. The lowest BCUT2D eigenvalue weighted by Crippen LogP contribution is -2.57. The van der Waals surface area contributed by atoms with Gasteiger partial charge in [-0.25, -0.2) is 9.59 Å². The average molecular weight is 243 g/mol. The number of urea groups is 1. The lowest BCUT2D eigenvalue weighted by molar-refractivity contribution is -0.139. The Morgan fingerprint density at radius 2 is 1.94 bits per heavy atom. The van der Waals surface area contributed by atoms with Gasteiger partial charge in [0.15, 0.2) is 0 Å². The number of rotatable bonds is 3. The number of carboxylic acid groups (broad SMARTS) is 1. The Balaban J connectivity index is 2.60. The van der Waals surface area contributed by atoms with Crippen LogP contribution in [-0.2, 0) is 14.4 Å². The fraction of sp³-hybridized carbons (Fsp3) is 0.556. The van der Waals surface area contributed by atoms with Crippen molar-refractivity contribution < 1.29 is 24.3 Å². The van der Waals surface area contributed by atoms with Crippen molar-refractivity contribution in [3.8, 4) is 0 Å². The molecule has 1 fully saturated rings. The lowest BCUT2D eigenvalue weighted by atomic mass is 10.2. The van der Waals surface area contributed by atoms with Crippen LogP contribution in [0.5, 0.6) is 0 Å². The largest absolute Gasteiger partial charge is 0.480 e. The minimum absolute atomic E-state index is 0.217. The van der Waals surface area contributed by atoms with E-state index < -0.39 is 29.9 Å². The first kappa shape index (κ1) is 12.9. The van der Waals surface area contributed by atoms with Gasteiger partial charge in [-0.3, -0.25) is 14.9 Å². The monoisotopic (exact) mass is 243 g/mol. The van der Waals surface area contributed by atoms with E-state index in [4.69, 9.17) is 5.11 Å². The van der Waals surface area contributed by atoms with Gasteiger partial charge >= 0.3 is 12.0 Å². The number of carboxylic acids is 1. The number of piperazine rings is 1. The van der Waals surface area contributed by atoms with Crippen molar-refractivity contribution in [2.24, 2.45) is 0 Å². The van der Waals surface area contributed by atoms with E-state index in [1.807, 2.05) is 5.32 Å². The zero-order valence-electron chi connectivity index (χ0n) is 9.23. The summed E-state index contributed by atoms with van der Waals surface area (Å²) in [6.07, 6.45) is 0.217. The number of aliphatic carboxylic acids is 1. The van der Waals surface area contributed by atoms with Gasteiger partial charge in [0.1, 0.15) is 19.1 Å². The van der Waals surface area contributed by atoms with Crippen molar-refractivity contribution >= 4 is 23.8 Å². The van der Waals surface area contributed by atoms with E-state index in [0.29, 0.717) is 0 Å². The average Bonchev–Trinajstić information content (AvgIpc) is 2.23. The highest BCUT2D eigenvalue weighted by Gasteiger charge is 2.28. The number of imide groups is 1. The molecule has 1 aliphatic heterocycles. The summed E-state index contributed by atoms with van der Waals surface area (Å²) in [7, 11) is 0. The van der Waals surface area contributed by atoms with Gasteiger partial charge in [0.05, 0.1) is 0 Å². The predicted molar refractivity (Wildman–Crippen MR) is 55.0 cm³/mol. The SMILES string of the molecule is CC[C@@H](NC(=O)N1CC(=O)NC(=O)C1)C(=O)O. The molecule has 8 nitrogen and oxygen atoms in total. The summed E-state index contributed by atoms with van der Waals surface area (Å²) in [5, 5.41) is 13.0. The highest BCUT2D eigenvalue weighted by atomic mass is 16.4. The van der Waals surface area contributed by atoms with Crippen molar-refractivity contribution in [2.45, 2.75) is 19.4 Å². The Kier molecular flexibility index (Phi) is 4.02. The molecule has 4 amide bonds. The summed E-state index contributed by atoms with van der Waals surface area (Å²) in [6, 6.07) is -1.76. The Morgan fingerprint density at radius 3 is 2.35 bits per heavy atom. The van der Waals surface area contributed by atoms with Crippen LogP contribution in [0.25, 0.3) is 0 Å². The molecule has 0 radical (unpaired) electrons. The second kappa shape index (κ2) is 5.28. The number of amides is 4. The number of nitrogens with zero attached hydrogens (tertiary/aromatic N) is 1. The topological polar surface area (TPSA) is 116 Å². The number of hydrogen-bond donors (Lipinski definition) is 3. The quantitative estimate of drug-likeness (QED) is 0.523. The number of carbonyl (C=O) groups is 4.